The number of carbonyl (C=O) groups is 1. The van der Waals surface area contributed by atoms with Gasteiger partial charge in [0.05, 0.1) is 7.11 Å². The molecule has 2 aliphatic rings. The number of pyridine rings is 1. The summed E-state index contributed by atoms with van der Waals surface area (Å²) in [5.74, 6) is 7.36. The molecule has 0 unspecified atom stereocenters. The molecule has 1 aromatic rings. The lowest BCUT2D eigenvalue weighted by molar-refractivity contribution is -0.000587. The average molecular weight is 447 g/mol. The fourth-order valence-corrected chi connectivity index (χ4v) is 8.47. The zero-order valence-corrected chi connectivity index (χ0v) is 20.5. The normalized spacial score (nSPS) is 18.1. The highest BCUT2D eigenvalue weighted by Crippen LogP contribution is 2.48. The van der Waals surface area contributed by atoms with Crippen molar-refractivity contribution in [3.8, 4) is 11.2 Å². The van der Waals surface area contributed by atoms with Gasteiger partial charge in [0.1, 0.15) is 11.4 Å². The Bertz CT molecular complexity index is 799. The Balaban J connectivity index is 1.85. The quantitative estimate of drug-likeness (QED) is 0.423. The highest BCUT2D eigenvalue weighted by molar-refractivity contribution is 8.37. The summed E-state index contributed by atoms with van der Waals surface area (Å²) in [5.41, 5.74) is 1.65. The van der Waals surface area contributed by atoms with Crippen LogP contribution in [0.15, 0.2) is 12.3 Å². The number of methoxy groups -OCH3 is 1. The van der Waals surface area contributed by atoms with Crippen LogP contribution in [0.5, 0.6) is 0 Å². The van der Waals surface area contributed by atoms with Crippen LogP contribution in [0.4, 0.5) is 5.82 Å². The number of anilines is 1. The molecule has 2 saturated heterocycles. The van der Waals surface area contributed by atoms with Crippen molar-refractivity contribution in [1.29, 1.82) is 0 Å². The van der Waals surface area contributed by atoms with Crippen molar-refractivity contribution < 1.29 is 14.3 Å². The molecule has 2 aliphatic heterocycles. The largest absolute Gasteiger partial charge is 0.465 e. The fourth-order valence-electron chi connectivity index (χ4n) is 4.87. The summed E-state index contributed by atoms with van der Waals surface area (Å²) in [6.07, 6.45) is 7.48. The maximum Gasteiger partial charge on any atom is 0.341 e. The van der Waals surface area contributed by atoms with Gasteiger partial charge < -0.3 is 14.4 Å². The molecule has 1 aromatic heterocycles. The summed E-state index contributed by atoms with van der Waals surface area (Å²) in [5, 5.41) is 3.67. The Hall–Kier alpha value is -1.71. The Kier molecular flexibility index (Phi) is 8.30. The van der Waals surface area contributed by atoms with E-state index in [0.29, 0.717) is 11.0 Å². The minimum absolute atomic E-state index is 0.315. The lowest BCUT2D eigenvalue weighted by atomic mass is 9.73. The predicted octanol–water partition coefficient (Wildman–Crippen LogP) is 4.83. The minimum atomic E-state index is -0.950. The van der Waals surface area contributed by atoms with Gasteiger partial charge in [-0.15, -0.1) is 0 Å². The van der Waals surface area contributed by atoms with Crippen LogP contribution < -0.4 is 4.90 Å². The lowest BCUT2D eigenvalue weighted by Gasteiger charge is -2.53. The second kappa shape index (κ2) is 10.7. The first kappa shape index (κ1) is 23.9. The van der Waals surface area contributed by atoms with E-state index in [9.17, 15) is 4.79 Å². The molecule has 0 N–H and O–H groups in total. The van der Waals surface area contributed by atoms with Gasteiger partial charge in [0.25, 0.3) is 0 Å². The number of ether oxygens (including phenoxy) is 2. The summed E-state index contributed by atoms with van der Waals surface area (Å²) in [4.78, 5) is 19.4. The monoisotopic (exact) mass is 446 g/mol. The molecule has 3 rings (SSSR count). The van der Waals surface area contributed by atoms with Crippen LogP contribution in [-0.4, -0.2) is 61.6 Å². The van der Waals surface area contributed by atoms with E-state index in [4.69, 9.17) is 9.47 Å². The summed E-state index contributed by atoms with van der Waals surface area (Å²) < 4.78 is 10.6. The number of rotatable bonds is 8. The van der Waals surface area contributed by atoms with Gasteiger partial charge in [-0.25, -0.2) is 9.78 Å². The molecule has 1 spiro atoms. The van der Waals surface area contributed by atoms with Crippen LogP contribution in [0.1, 0.15) is 68.8 Å². The van der Waals surface area contributed by atoms with Crippen molar-refractivity contribution in [3.05, 3.63) is 23.4 Å². The standard InChI is InChI=1S/C25H38N2O3S/c1-5-13-31(14-6-2,15-7-3)16-8-21-17-22(24(28)29-4)23(26-18-21)27-19-25(20-27)9-11-30-12-10-25/h17-18H,5-7,9-15,19-20H2,1-4H3. The molecule has 0 bridgehead atoms. The van der Waals surface area contributed by atoms with Gasteiger partial charge in [-0.3, -0.25) is 0 Å². The molecular formula is C25H38N2O3S. The zero-order chi connectivity index (χ0) is 22.3. The average Bonchev–Trinajstić information content (AvgIpc) is 2.76. The van der Waals surface area contributed by atoms with Crippen LogP contribution >= 0.6 is 10.0 Å². The van der Waals surface area contributed by atoms with Crippen molar-refractivity contribution in [1.82, 2.24) is 4.98 Å². The maximum atomic E-state index is 12.6. The molecule has 6 heteroatoms. The third-order valence-corrected chi connectivity index (χ3v) is 10.5. The maximum absolute atomic E-state index is 12.6. The van der Waals surface area contributed by atoms with Gasteiger partial charge in [-0.05, 0) is 60.7 Å². The van der Waals surface area contributed by atoms with Gasteiger partial charge >= 0.3 is 5.97 Å². The van der Waals surface area contributed by atoms with Crippen LogP contribution in [0.25, 0.3) is 0 Å². The predicted molar refractivity (Wildman–Crippen MR) is 130 cm³/mol. The van der Waals surface area contributed by atoms with E-state index in [2.05, 4.69) is 41.8 Å². The molecule has 0 aromatic carbocycles. The Morgan fingerprint density at radius 2 is 1.77 bits per heavy atom. The summed E-state index contributed by atoms with van der Waals surface area (Å²) in [6.45, 7) is 10.3. The highest BCUT2D eigenvalue weighted by Gasteiger charge is 2.45. The number of esters is 1. The van der Waals surface area contributed by atoms with E-state index in [0.717, 1.165) is 69.8 Å². The van der Waals surface area contributed by atoms with E-state index in [1.54, 1.807) is 0 Å². The molecule has 0 radical (unpaired) electrons. The lowest BCUT2D eigenvalue weighted by Crippen LogP contribution is -2.59. The van der Waals surface area contributed by atoms with Crippen LogP contribution in [0.3, 0.4) is 0 Å². The van der Waals surface area contributed by atoms with Crippen molar-refractivity contribution in [2.75, 3.05) is 55.6 Å². The number of carbonyl (C=O) groups excluding carboxylic acids is 1. The molecule has 5 nitrogen and oxygen atoms in total. The molecule has 0 aliphatic carbocycles. The van der Waals surface area contributed by atoms with Gasteiger partial charge in [-0.2, -0.15) is 10.0 Å². The summed E-state index contributed by atoms with van der Waals surface area (Å²) >= 11 is 0. The van der Waals surface area contributed by atoms with E-state index in [-0.39, 0.29) is 5.97 Å². The van der Waals surface area contributed by atoms with Gasteiger partial charge in [-0.1, -0.05) is 26.7 Å². The van der Waals surface area contributed by atoms with Gasteiger partial charge in [0.15, 0.2) is 0 Å². The smallest absolute Gasteiger partial charge is 0.341 e. The van der Waals surface area contributed by atoms with Crippen molar-refractivity contribution in [2.45, 2.75) is 52.9 Å². The van der Waals surface area contributed by atoms with Crippen LogP contribution in [0, 0.1) is 16.6 Å². The second-order valence-electron chi connectivity index (χ2n) is 8.94. The first-order valence-corrected chi connectivity index (χ1v) is 13.8. The van der Waals surface area contributed by atoms with E-state index in [1.165, 1.54) is 24.4 Å². The third kappa shape index (κ3) is 5.56. The van der Waals surface area contributed by atoms with Gasteiger partial charge in [0, 0.05) is 43.5 Å². The minimum Gasteiger partial charge on any atom is -0.465 e. The van der Waals surface area contributed by atoms with E-state index in [1.807, 2.05) is 12.3 Å². The van der Waals surface area contributed by atoms with Gasteiger partial charge in [0.2, 0.25) is 0 Å². The fraction of sp³-hybridized carbons (Fsp3) is 0.680. The topological polar surface area (TPSA) is 51.7 Å². The Labute approximate surface area is 189 Å². The molecule has 2 fully saturated rings. The molecule has 0 atom stereocenters. The zero-order valence-electron chi connectivity index (χ0n) is 19.7. The first-order valence-electron chi connectivity index (χ1n) is 11.7. The molecule has 31 heavy (non-hydrogen) atoms. The van der Waals surface area contributed by atoms with Crippen molar-refractivity contribution >= 4 is 21.8 Å². The first-order chi connectivity index (χ1) is 15.0. The third-order valence-electron chi connectivity index (χ3n) is 6.37. The number of hydrogen-bond donors (Lipinski definition) is 0. The summed E-state index contributed by atoms with van der Waals surface area (Å²) in [7, 11) is 0.481. The van der Waals surface area contributed by atoms with Crippen LogP contribution in [-0.2, 0) is 9.47 Å². The van der Waals surface area contributed by atoms with E-state index >= 15 is 0 Å². The van der Waals surface area contributed by atoms with Crippen molar-refractivity contribution in [3.63, 3.8) is 0 Å². The Morgan fingerprint density at radius 1 is 1.16 bits per heavy atom. The molecule has 0 saturated carbocycles. The Morgan fingerprint density at radius 3 is 2.32 bits per heavy atom. The van der Waals surface area contributed by atoms with E-state index < -0.39 is 10.0 Å². The number of nitrogens with zero attached hydrogens (tertiary/aromatic N) is 2. The molecule has 3 heterocycles. The van der Waals surface area contributed by atoms with Crippen molar-refractivity contribution in [2.24, 2.45) is 5.41 Å². The number of aromatic nitrogens is 1. The highest BCUT2D eigenvalue weighted by atomic mass is 32.3. The molecule has 0 amide bonds. The second-order valence-corrected chi connectivity index (χ2v) is 12.5. The van der Waals surface area contributed by atoms with Crippen LogP contribution in [0.2, 0.25) is 0 Å². The summed E-state index contributed by atoms with van der Waals surface area (Å²) in [6, 6.07) is 1.88. The SMILES string of the molecule is CCCS(C#Cc1cnc(N2CC3(CCOCC3)C2)c(C(=O)OC)c1)(CCC)CCC. The molecular weight excluding hydrogens is 408 g/mol. The number of hydrogen-bond acceptors (Lipinski definition) is 5. The molecule has 172 valence electrons.